The minimum absolute atomic E-state index is 0.0979. The predicted molar refractivity (Wildman–Crippen MR) is 77.3 cm³/mol. The number of carbonyl (C=O) groups is 1. The summed E-state index contributed by atoms with van der Waals surface area (Å²) in [5, 5.41) is 8.80. The smallest absolute Gasteiger partial charge is 0.315 e. The highest BCUT2D eigenvalue weighted by molar-refractivity contribution is 7.98. The molecule has 0 saturated heterocycles. The molecule has 0 aromatic carbocycles. The highest BCUT2D eigenvalue weighted by Gasteiger charge is 2.25. The Balaban J connectivity index is 1.62. The van der Waals surface area contributed by atoms with E-state index < -0.39 is 0 Å². The number of thioether (sulfide) groups is 1. The Kier molecular flexibility index (Phi) is 5.31. The van der Waals surface area contributed by atoms with Crippen LogP contribution in [0.5, 0.6) is 0 Å². The molecule has 0 unspecified atom stereocenters. The molecule has 0 spiro atoms. The molecule has 2 amide bonds. The summed E-state index contributed by atoms with van der Waals surface area (Å²) in [5.74, 6) is 1.77. The molecular formula is C12H19N3OS2. The largest absolute Gasteiger partial charge is 0.338 e. The van der Waals surface area contributed by atoms with E-state index >= 15 is 0 Å². The first-order valence-corrected chi connectivity index (χ1v) is 8.52. The number of amides is 2. The Hall–Kier alpha value is -0.750. The summed E-state index contributed by atoms with van der Waals surface area (Å²) in [6.07, 6.45) is 5.62. The van der Waals surface area contributed by atoms with Crippen LogP contribution in [0.4, 0.5) is 4.79 Å². The van der Waals surface area contributed by atoms with E-state index in [1.54, 1.807) is 23.1 Å². The molecule has 4 nitrogen and oxygen atoms in total. The van der Waals surface area contributed by atoms with Crippen LogP contribution >= 0.6 is 23.1 Å². The second-order valence-electron chi connectivity index (χ2n) is 4.40. The molecule has 1 aliphatic rings. The highest BCUT2D eigenvalue weighted by atomic mass is 32.2. The molecule has 0 atom stereocenters. The van der Waals surface area contributed by atoms with Crippen molar-refractivity contribution in [3.05, 3.63) is 16.1 Å². The van der Waals surface area contributed by atoms with Gasteiger partial charge in [0.1, 0.15) is 5.01 Å². The summed E-state index contributed by atoms with van der Waals surface area (Å²) in [7, 11) is 0. The van der Waals surface area contributed by atoms with E-state index in [0.717, 1.165) is 23.7 Å². The summed E-state index contributed by atoms with van der Waals surface area (Å²) in [5.41, 5.74) is 1.21. The van der Waals surface area contributed by atoms with E-state index in [0.29, 0.717) is 12.5 Å². The summed E-state index contributed by atoms with van der Waals surface area (Å²) in [6.45, 7) is 1.27. The molecule has 1 aliphatic carbocycles. The number of rotatable bonds is 7. The van der Waals surface area contributed by atoms with Crippen LogP contribution in [-0.2, 0) is 6.54 Å². The van der Waals surface area contributed by atoms with Crippen molar-refractivity contribution < 1.29 is 4.79 Å². The third kappa shape index (κ3) is 4.49. The Bertz CT molecular complexity index is 390. The van der Waals surface area contributed by atoms with Crippen LogP contribution in [0.15, 0.2) is 5.38 Å². The highest BCUT2D eigenvalue weighted by Crippen LogP contribution is 2.40. The SMILES string of the molecule is CSCCCNC(=O)NCc1nc(C2CC2)cs1. The molecule has 0 radical (unpaired) electrons. The van der Waals surface area contributed by atoms with Crippen LogP contribution in [0.3, 0.4) is 0 Å². The van der Waals surface area contributed by atoms with Gasteiger partial charge in [0.05, 0.1) is 12.2 Å². The van der Waals surface area contributed by atoms with Gasteiger partial charge in [-0.05, 0) is 31.3 Å². The zero-order chi connectivity index (χ0) is 12.8. The monoisotopic (exact) mass is 285 g/mol. The molecule has 1 aromatic rings. The minimum atomic E-state index is -0.0979. The summed E-state index contributed by atoms with van der Waals surface area (Å²) < 4.78 is 0. The van der Waals surface area contributed by atoms with Gasteiger partial charge >= 0.3 is 6.03 Å². The van der Waals surface area contributed by atoms with E-state index in [4.69, 9.17) is 0 Å². The Morgan fingerprint density at radius 3 is 3.11 bits per heavy atom. The third-order valence-corrected chi connectivity index (χ3v) is 4.34. The minimum Gasteiger partial charge on any atom is -0.338 e. The van der Waals surface area contributed by atoms with Crippen molar-refractivity contribution in [2.24, 2.45) is 0 Å². The molecule has 2 N–H and O–H groups in total. The fourth-order valence-corrected chi connectivity index (χ4v) is 2.86. The number of thiazole rings is 1. The number of aromatic nitrogens is 1. The predicted octanol–water partition coefficient (Wildman–Crippen LogP) is 2.57. The number of hydrogen-bond acceptors (Lipinski definition) is 4. The first kappa shape index (κ1) is 13.7. The number of nitrogens with one attached hydrogen (secondary N) is 2. The van der Waals surface area contributed by atoms with Crippen molar-refractivity contribution in [3.63, 3.8) is 0 Å². The van der Waals surface area contributed by atoms with Gasteiger partial charge in [0.25, 0.3) is 0 Å². The van der Waals surface area contributed by atoms with Crippen LogP contribution in [0, 0.1) is 0 Å². The number of hydrogen-bond donors (Lipinski definition) is 2. The maximum Gasteiger partial charge on any atom is 0.315 e. The quantitative estimate of drug-likeness (QED) is 0.757. The molecule has 1 aromatic heterocycles. The Morgan fingerprint density at radius 2 is 2.39 bits per heavy atom. The lowest BCUT2D eigenvalue weighted by atomic mass is 10.3. The van der Waals surface area contributed by atoms with Crippen molar-refractivity contribution in [1.82, 2.24) is 15.6 Å². The Labute approximate surface area is 116 Å². The molecule has 1 saturated carbocycles. The van der Waals surface area contributed by atoms with Crippen molar-refractivity contribution in [3.8, 4) is 0 Å². The zero-order valence-corrected chi connectivity index (χ0v) is 12.2. The van der Waals surface area contributed by atoms with Crippen molar-refractivity contribution in [1.29, 1.82) is 0 Å². The molecule has 18 heavy (non-hydrogen) atoms. The van der Waals surface area contributed by atoms with E-state index in [1.165, 1.54) is 18.5 Å². The summed E-state index contributed by atoms with van der Waals surface area (Å²) >= 11 is 3.43. The van der Waals surface area contributed by atoms with Crippen molar-refractivity contribution in [2.45, 2.75) is 31.7 Å². The fourth-order valence-electron chi connectivity index (χ4n) is 1.61. The number of nitrogens with zero attached hydrogens (tertiary/aromatic N) is 1. The van der Waals surface area contributed by atoms with Crippen LogP contribution in [0.25, 0.3) is 0 Å². The van der Waals surface area contributed by atoms with Gasteiger partial charge in [-0.3, -0.25) is 0 Å². The lowest BCUT2D eigenvalue weighted by molar-refractivity contribution is 0.240. The average molecular weight is 285 g/mol. The standard InChI is InChI=1S/C12H19N3OS2/c1-17-6-2-5-13-12(16)14-7-11-15-10(8-18-11)9-3-4-9/h8-9H,2-7H2,1H3,(H2,13,14,16). The normalized spacial score (nSPS) is 14.5. The van der Waals surface area contributed by atoms with Crippen LogP contribution in [0.1, 0.15) is 35.9 Å². The van der Waals surface area contributed by atoms with Gasteiger partial charge in [-0.1, -0.05) is 0 Å². The van der Waals surface area contributed by atoms with Gasteiger partial charge in [0.15, 0.2) is 0 Å². The molecule has 1 fully saturated rings. The topological polar surface area (TPSA) is 54.0 Å². The second kappa shape index (κ2) is 6.99. The molecular weight excluding hydrogens is 266 g/mol. The zero-order valence-electron chi connectivity index (χ0n) is 10.6. The summed E-state index contributed by atoms with van der Waals surface area (Å²) in [6, 6.07) is -0.0979. The molecule has 6 heteroatoms. The van der Waals surface area contributed by atoms with Gasteiger partial charge in [-0.15, -0.1) is 11.3 Å². The van der Waals surface area contributed by atoms with E-state index in [1.807, 2.05) is 0 Å². The maximum atomic E-state index is 11.5. The van der Waals surface area contributed by atoms with Gasteiger partial charge in [0.2, 0.25) is 0 Å². The first-order valence-electron chi connectivity index (χ1n) is 6.24. The van der Waals surface area contributed by atoms with Gasteiger partial charge in [-0.25, -0.2) is 9.78 Å². The van der Waals surface area contributed by atoms with E-state index in [9.17, 15) is 4.79 Å². The number of carbonyl (C=O) groups excluding carboxylic acids is 1. The maximum absolute atomic E-state index is 11.5. The van der Waals surface area contributed by atoms with Crippen LogP contribution in [-0.4, -0.2) is 29.6 Å². The van der Waals surface area contributed by atoms with Gasteiger partial charge in [0, 0.05) is 17.8 Å². The third-order valence-electron chi connectivity index (χ3n) is 2.78. The van der Waals surface area contributed by atoms with Crippen molar-refractivity contribution >= 4 is 29.1 Å². The molecule has 0 bridgehead atoms. The van der Waals surface area contributed by atoms with E-state index in [-0.39, 0.29) is 6.03 Å². The lowest BCUT2D eigenvalue weighted by Gasteiger charge is -2.05. The van der Waals surface area contributed by atoms with Crippen LogP contribution < -0.4 is 10.6 Å². The summed E-state index contributed by atoms with van der Waals surface area (Å²) in [4.78, 5) is 16.0. The number of urea groups is 1. The molecule has 1 heterocycles. The molecule has 2 rings (SSSR count). The Morgan fingerprint density at radius 1 is 1.56 bits per heavy atom. The molecule has 0 aliphatic heterocycles. The van der Waals surface area contributed by atoms with Gasteiger partial charge in [-0.2, -0.15) is 11.8 Å². The van der Waals surface area contributed by atoms with Crippen LogP contribution in [0.2, 0.25) is 0 Å². The second-order valence-corrected chi connectivity index (χ2v) is 6.32. The average Bonchev–Trinajstić information content (AvgIpc) is 3.12. The molecule has 100 valence electrons. The fraction of sp³-hybridized carbons (Fsp3) is 0.667. The van der Waals surface area contributed by atoms with Gasteiger partial charge < -0.3 is 10.6 Å². The first-order chi connectivity index (χ1) is 8.79. The van der Waals surface area contributed by atoms with E-state index in [2.05, 4.69) is 27.3 Å². The van der Waals surface area contributed by atoms with Crippen molar-refractivity contribution in [2.75, 3.05) is 18.6 Å². The lowest BCUT2D eigenvalue weighted by Crippen LogP contribution is -2.35.